The van der Waals surface area contributed by atoms with E-state index in [9.17, 15) is 14.4 Å². The summed E-state index contributed by atoms with van der Waals surface area (Å²) in [6, 6.07) is 9.30. The third-order valence-corrected chi connectivity index (χ3v) is 6.33. The fraction of sp³-hybridized carbons (Fsp3) is 0.640. The third kappa shape index (κ3) is 6.58. The van der Waals surface area contributed by atoms with Crippen molar-refractivity contribution < 1.29 is 47.5 Å². The quantitative estimate of drug-likeness (QED) is 0.501. The molecule has 1 aromatic carbocycles. The third-order valence-electron chi connectivity index (χ3n) is 6.33. The smallest absolute Gasteiger partial charge is 0.455 e. The van der Waals surface area contributed by atoms with Crippen molar-refractivity contribution in [2.24, 2.45) is 0 Å². The molecule has 3 fully saturated rings. The SMILES string of the molecule is CO[C@H]1O[C@@H]2COC(c3ccccc3)O[C@H]2[C@H](OC(=O)CCC(C)=O)[C@H]1OC(=O)OC1CCCC1. The monoisotopic (exact) mass is 492 g/mol. The summed E-state index contributed by atoms with van der Waals surface area (Å²) >= 11 is 0. The highest BCUT2D eigenvalue weighted by molar-refractivity contribution is 5.81. The summed E-state index contributed by atoms with van der Waals surface area (Å²) in [6.45, 7) is 1.54. The molecule has 3 aliphatic rings. The average molecular weight is 493 g/mol. The molecule has 1 aliphatic carbocycles. The fourth-order valence-electron chi connectivity index (χ4n) is 4.55. The first-order valence-electron chi connectivity index (χ1n) is 12.0. The number of carbonyl (C=O) groups excluding carboxylic acids is 3. The number of esters is 1. The number of fused-ring (bicyclic) bond motifs is 1. The Morgan fingerprint density at radius 2 is 1.69 bits per heavy atom. The van der Waals surface area contributed by atoms with E-state index >= 15 is 0 Å². The van der Waals surface area contributed by atoms with Gasteiger partial charge < -0.3 is 38.0 Å². The van der Waals surface area contributed by atoms with E-state index in [0.29, 0.717) is 0 Å². The highest BCUT2D eigenvalue weighted by Crippen LogP contribution is 2.37. The van der Waals surface area contributed by atoms with Gasteiger partial charge in [0.1, 0.15) is 24.1 Å². The number of ketones is 1. The molecule has 0 bridgehead atoms. The van der Waals surface area contributed by atoms with Gasteiger partial charge in [0, 0.05) is 19.1 Å². The van der Waals surface area contributed by atoms with Crippen LogP contribution in [0.15, 0.2) is 30.3 Å². The van der Waals surface area contributed by atoms with Crippen molar-refractivity contribution in [3.05, 3.63) is 35.9 Å². The molecule has 0 spiro atoms. The first-order valence-corrected chi connectivity index (χ1v) is 12.0. The Hall–Kier alpha value is -2.53. The van der Waals surface area contributed by atoms with Crippen LogP contribution < -0.4 is 0 Å². The molecular formula is C25H32O10. The van der Waals surface area contributed by atoms with Crippen molar-refractivity contribution in [3.63, 3.8) is 0 Å². The molecule has 35 heavy (non-hydrogen) atoms. The summed E-state index contributed by atoms with van der Waals surface area (Å²) in [5.74, 6) is -0.759. The molecular weight excluding hydrogens is 460 g/mol. The molecule has 0 aromatic heterocycles. The Kier molecular flexibility index (Phi) is 8.72. The number of methoxy groups -OCH3 is 1. The second-order valence-corrected chi connectivity index (χ2v) is 8.97. The Balaban J connectivity index is 1.54. The number of rotatable bonds is 8. The van der Waals surface area contributed by atoms with E-state index < -0.39 is 49.1 Å². The number of hydrogen-bond donors (Lipinski definition) is 0. The molecule has 192 valence electrons. The zero-order chi connectivity index (χ0) is 24.8. The van der Waals surface area contributed by atoms with E-state index in [1.807, 2.05) is 30.3 Å². The standard InChI is InChI=1S/C25H32O10/c1-15(26)12-13-19(27)33-21-20-18(14-30-23(34-20)16-8-4-3-5-9-16)32-24(29-2)22(21)35-25(28)31-17-10-6-7-11-17/h3-5,8-9,17-18,20-24H,6-7,10-14H2,1-2H3/t18-,20-,21+,22-,23?,24+/m1/s1. The molecule has 1 aromatic rings. The molecule has 10 heteroatoms. The lowest BCUT2D eigenvalue weighted by atomic mass is 9.97. The van der Waals surface area contributed by atoms with Gasteiger partial charge in [0.05, 0.1) is 13.0 Å². The van der Waals surface area contributed by atoms with Crippen molar-refractivity contribution in [2.75, 3.05) is 13.7 Å². The zero-order valence-electron chi connectivity index (χ0n) is 20.0. The number of hydrogen-bond acceptors (Lipinski definition) is 10. The van der Waals surface area contributed by atoms with Crippen LogP contribution in [0.3, 0.4) is 0 Å². The Labute approximate surface area is 204 Å². The second kappa shape index (κ2) is 11.9. The van der Waals surface area contributed by atoms with Gasteiger partial charge in [-0.15, -0.1) is 0 Å². The average Bonchev–Trinajstić information content (AvgIpc) is 3.37. The zero-order valence-corrected chi connectivity index (χ0v) is 20.0. The molecule has 0 N–H and O–H groups in total. The highest BCUT2D eigenvalue weighted by atomic mass is 16.8. The molecule has 1 unspecified atom stereocenters. The Morgan fingerprint density at radius 3 is 2.37 bits per heavy atom. The van der Waals surface area contributed by atoms with E-state index in [1.54, 1.807) is 0 Å². The van der Waals surface area contributed by atoms with Gasteiger partial charge in [0.2, 0.25) is 0 Å². The second-order valence-electron chi connectivity index (χ2n) is 8.97. The maximum Gasteiger partial charge on any atom is 0.509 e. The lowest BCUT2D eigenvalue weighted by molar-refractivity contribution is -0.359. The number of carbonyl (C=O) groups is 3. The minimum atomic E-state index is -1.15. The molecule has 2 aliphatic heterocycles. The Bertz CT molecular complexity index is 868. The molecule has 0 radical (unpaired) electrons. The van der Waals surface area contributed by atoms with Gasteiger partial charge in [0.25, 0.3) is 0 Å². The molecule has 0 amide bonds. The van der Waals surface area contributed by atoms with Crippen LogP contribution in [-0.2, 0) is 42.7 Å². The summed E-state index contributed by atoms with van der Waals surface area (Å²) in [7, 11) is 1.40. The van der Waals surface area contributed by atoms with Crippen LogP contribution in [0.25, 0.3) is 0 Å². The van der Waals surface area contributed by atoms with Crippen LogP contribution in [0.2, 0.25) is 0 Å². The first-order chi connectivity index (χ1) is 16.9. The fourth-order valence-corrected chi connectivity index (χ4v) is 4.55. The van der Waals surface area contributed by atoms with E-state index in [-0.39, 0.29) is 31.3 Å². The minimum absolute atomic E-state index is 0.0374. The number of benzene rings is 1. The van der Waals surface area contributed by atoms with Crippen LogP contribution in [0, 0.1) is 0 Å². The Morgan fingerprint density at radius 1 is 0.943 bits per heavy atom. The molecule has 6 atom stereocenters. The van der Waals surface area contributed by atoms with Gasteiger partial charge in [0.15, 0.2) is 24.8 Å². The summed E-state index contributed by atoms with van der Waals surface area (Å²) in [6.07, 6.45) is -3.09. The minimum Gasteiger partial charge on any atom is -0.455 e. The normalized spacial score (nSPS) is 30.8. The molecule has 4 rings (SSSR count). The van der Waals surface area contributed by atoms with E-state index in [2.05, 4.69) is 0 Å². The van der Waals surface area contributed by atoms with E-state index in [4.69, 9.17) is 33.2 Å². The maximum absolute atomic E-state index is 12.6. The lowest BCUT2D eigenvalue weighted by Crippen LogP contribution is -2.64. The summed E-state index contributed by atoms with van der Waals surface area (Å²) < 4.78 is 40.2. The van der Waals surface area contributed by atoms with Gasteiger partial charge in [-0.05, 0) is 32.6 Å². The predicted molar refractivity (Wildman–Crippen MR) is 119 cm³/mol. The van der Waals surface area contributed by atoms with Crippen molar-refractivity contribution >= 4 is 17.9 Å². The number of ether oxygens (including phenoxy) is 7. The van der Waals surface area contributed by atoms with Gasteiger partial charge >= 0.3 is 12.1 Å². The largest absolute Gasteiger partial charge is 0.509 e. The van der Waals surface area contributed by atoms with Crippen LogP contribution in [0.4, 0.5) is 4.79 Å². The molecule has 1 saturated carbocycles. The summed E-state index contributed by atoms with van der Waals surface area (Å²) in [4.78, 5) is 36.6. The lowest BCUT2D eigenvalue weighted by Gasteiger charge is -2.47. The molecule has 10 nitrogen and oxygen atoms in total. The van der Waals surface area contributed by atoms with Crippen molar-refractivity contribution in [3.8, 4) is 0 Å². The van der Waals surface area contributed by atoms with Crippen LogP contribution in [-0.4, -0.2) is 68.4 Å². The number of Topliss-reactive ketones (excluding diaryl/α,β-unsaturated/α-hetero) is 1. The van der Waals surface area contributed by atoms with Gasteiger partial charge in [-0.3, -0.25) is 4.79 Å². The van der Waals surface area contributed by atoms with Gasteiger partial charge in [-0.1, -0.05) is 30.3 Å². The van der Waals surface area contributed by atoms with Crippen molar-refractivity contribution in [2.45, 2.75) is 88.5 Å². The van der Waals surface area contributed by atoms with E-state index in [0.717, 1.165) is 31.2 Å². The predicted octanol–water partition coefficient (Wildman–Crippen LogP) is 3.22. The van der Waals surface area contributed by atoms with Crippen molar-refractivity contribution in [1.82, 2.24) is 0 Å². The molecule has 2 heterocycles. The van der Waals surface area contributed by atoms with E-state index in [1.165, 1.54) is 14.0 Å². The van der Waals surface area contributed by atoms with Gasteiger partial charge in [-0.25, -0.2) is 4.79 Å². The first kappa shape index (κ1) is 25.6. The van der Waals surface area contributed by atoms with Crippen molar-refractivity contribution in [1.29, 1.82) is 0 Å². The highest BCUT2D eigenvalue weighted by Gasteiger charge is 2.54. The van der Waals surface area contributed by atoms with Crippen LogP contribution in [0.5, 0.6) is 0 Å². The molecule has 2 saturated heterocycles. The summed E-state index contributed by atoms with van der Waals surface area (Å²) in [5, 5.41) is 0. The van der Waals surface area contributed by atoms with Crippen LogP contribution >= 0.6 is 0 Å². The topological polar surface area (TPSA) is 116 Å². The summed E-state index contributed by atoms with van der Waals surface area (Å²) in [5.41, 5.74) is 0.777. The van der Waals surface area contributed by atoms with Gasteiger partial charge in [-0.2, -0.15) is 0 Å². The maximum atomic E-state index is 12.6. The van der Waals surface area contributed by atoms with Crippen LogP contribution in [0.1, 0.15) is 57.3 Å².